The molecule has 1 heterocycles. The Balaban J connectivity index is 2.32. The molecule has 19 heavy (non-hydrogen) atoms. The maximum absolute atomic E-state index is 8.87. The smallest absolute Gasteiger partial charge is 0.148 e. The fraction of sp³-hybridized carbons (Fsp3) is 0.0833. The van der Waals surface area contributed by atoms with Crippen LogP contribution in [-0.4, -0.2) is 9.97 Å². The van der Waals surface area contributed by atoms with Crippen molar-refractivity contribution in [1.82, 2.24) is 9.97 Å². The Kier molecular flexibility index (Phi) is 3.94. The number of nitrogen functional groups attached to an aromatic ring is 1. The molecule has 0 unspecified atom stereocenters. The summed E-state index contributed by atoms with van der Waals surface area (Å²) in [5.41, 5.74) is 4.71. The van der Waals surface area contributed by atoms with Gasteiger partial charge in [0, 0.05) is 15.7 Å². The van der Waals surface area contributed by atoms with Gasteiger partial charge in [0.25, 0.3) is 0 Å². The summed E-state index contributed by atoms with van der Waals surface area (Å²) in [5.74, 6) is 6.58. The average molecular weight is 319 g/mol. The number of nitriles is 1. The van der Waals surface area contributed by atoms with Crippen molar-refractivity contribution >= 4 is 33.3 Å². The van der Waals surface area contributed by atoms with Crippen molar-refractivity contribution in [3.63, 3.8) is 0 Å². The molecule has 0 spiro atoms. The monoisotopic (exact) mass is 318 g/mol. The molecule has 0 bridgehead atoms. The summed E-state index contributed by atoms with van der Waals surface area (Å²) in [6, 6.07) is 7.44. The quantitative estimate of drug-likeness (QED) is 0.593. The molecule has 96 valence electrons. The lowest BCUT2D eigenvalue weighted by Gasteiger charge is -2.11. The molecule has 4 N–H and O–H groups in total. The summed E-state index contributed by atoms with van der Waals surface area (Å²) in [6.45, 7) is 1.86. The van der Waals surface area contributed by atoms with Crippen molar-refractivity contribution in [1.29, 1.82) is 5.26 Å². The number of anilines is 3. The lowest BCUT2D eigenvalue weighted by molar-refractivity contribution is 1.11. The average Bonchev–Trinajstić information content (AvgIpc) is 2.41. The third kappa shape index (κ3) is 2.81. The van der Waals surface area contributed by atoms with Gasteiger partial charge in [-0.05, 0) is 41.1 Å². The minimum Gasteiger partial charge on any atom is -0.340 e. The number of hydrazine groups is 1. The van der Waals surface area contributed by atoms with E-state index < -0.39 is 0 Å². The molecule has 1 aromatic heterocycles. The van der Waals surface area contributed by atoms with Crippen LogP contribution >= 0.6 is 15.9 Å². The van der Waals surface area contributed by atoms with Gasteiger partial charge in [0.1, 0.15) is 24.0 Å². The van der Waals surface area contributed by atoms with Crippen LogP contribution in [0, 0.1) is 18.3 Å². The topological polar surface area (TPSA) is 99.7 Å². The Morgan fingerprint density at radius 1 is 1.32 bits per heavy atom. The van der Waals surface area contributed by atoms with Crippen LogP contribution in [0.2, 0.25) is 0 Å². The summed E-state index contributed by atoms with van der Waals surface area (Å²) in [4.78, 5) is 8.16. The molecule has 0 saturated heterocycles. The molecule has 0 saturated carbocycles. The molecule has 0 amide bonds. The molecule has 0 aliphatic heterocycles. The predicted octanol–water partition coefficient (Wildman–Crippen LogP) is 2.45. The van der Waals surface area contributed by atoms with Gasteiger partial charge in [0.05, 0.1) is 5.56 Å². The van der Waals surface area contributed by atoms with E-state index in [-0.39, 0.29) is 0 Å². The largest absolute Gasteiger partial charge is 0.340 e. The van der Waals surface area contributed by atoms with Crippen LogP contribution in [0.1, 0.15) is 11.1 Å². The molecular formula is C12H11BrN6. The number of halogens is 1. The number of nitrogens with zero attached hydrogens (tertiary/aromatic N) is 3. The van der Waals surface area contributed by atoms with Crippen LogP contribution in [0.3, 0.4) is 0 Å². The van der Waals surface area contributed by atoms with Crippen LogP contribution in [0.15, 0.2) is 29.0 Å². The highest BCUT2D eigenvalue weighted by atomic mass is 79.9. The zero-order valence-electron chi connectivity index (χ0n) is 10.1. The van der Waals surface area contributed by atoms with Gasteiger partial charge in [-0.25, -0.2) is 15.8 Å². The second-order valence-electron chi connectivity index (χ2n) is 3.77. The van der Waals surface area contributed by atoms with Crippen molar-refractivity contribution in [2.45, 2.75) is 6.92 Å². The van der Waals surface area contributed by atoms with Crippen molar-refractivity contribution in [2.24, 2.45) is 5.84 Å². The minimum absolute atomic E-state index is 0.560. The van der Waals surface area contributed by atoms with Gasteiger partial charge in [-0.15, -0.1) is 0 Å². The maximum atomic E-state index is 8.87. The molecule has 1 aromatic carbocycles. The first-order valence-electron chi connectivity index (χ1n) is 5.40. The van der Waals surface area contributed by atoms with Crippen molar-refractivity contribution in [3.05, 3.63) is 40.1 Å². The second-order valence-corrected chi connectivity index (χ2v) is 4.63. The van der Waals surface area contributed by atoms with E-state index in [0.717, 1.165) is 15.7 Å². The highest BCUT2D eigenvalue weighted by Gasteiger charge is 2.07. The van der Waals surface area contributed by atoms with E-state index in [2.05, 4.69) is 42.7 Å². The highest BCUT2D eigenvalue weighted by molar-refractivity contribution is 9.10. The number of benzene rings is 1. The Morgan fingerprint density at radius 2 is 2.05 bits per heavy atom. The zero-order valence-corrected chi connectivity index (χ0v) is 11.7. The van der Waals surface area contributed by atoms with Crippen LogP contribution in [0.25, 0.3) is 0 Å². The highest BCUT2D eigenvalue weighted by Crippen LogP contribution is 2.25. The van der Waals surface area contributed by atoms with Crippen LogP contribution < -0.4 is 16.6 Å². The predicted molar refractivity (Wildman–Crippen MR) is 76.7 cm³/mol. The Hall–Kier alpha value is -2.17. The van der Waals surface area contributed by atoms with E-state index in [9.17, 15) is 0 Å². The van der Waals surface area contributed by atoms with Crippen LogP contribution in [-0.2, 0) is 0 Å². The SMILES string of the molecule is Cc1c(NN)ncnc1Nc1ccc(C#N)c(Br)c1. The van der Waals surface area contributed by atoms with Gasteiger partial charge in [0.2, 0.25) is 0 Å². The van der Waals surface area contributed by atoms with E-state index in [0.29, 0.717) is 17.2 Å². The number of hydrogen-bond donors (Lipinski definition) is 3. The van der Waals surface area contributed by atoms with E-state index in [1.165, 1.54) is 6.33 Å². The van der Waals surface area contributed by atoms with Crippen LogP contribution in [0.4, 0.5) is 17.3 Å². The van der Waals surface area contributed by atoms with Gasteiger partial charge < -0.3 is 10.7 Å². The van der Waals surface area contributed by atoms with E-state index in [4.69, 9.17) is 11.1 Å². The van der Waals surface area contributed by atoms with Gasteiger partial charge in [0.15, 0.2) is 0 Å². The summed E-state index contributed by atoms with van der Waals surface area (Å²) in [5, 5.41) is 12.0. The van der Waals surface area contributed by atoms with Gasteiger partial charge in [-0.2, -0.15) is 5.26 Å². The number of rotatable bonds is 3. The first-order chi connectivity index (χ1) is 9.15. The van der Waals surface area contributed by atoms with Crippen molar-refractivity contribution in [2.75, 3.05) is 10.7 Å². The number of nitrogens with two attached hydrogens (primary N) is 1. The summed E-state index contributed by atoms with van der Waals surface area (Å²) >= 11 is 3.34. The number of aromatic nitrogens is 2. The molecular weight excluding hydrogens is 308 g/mol. The molecule has 0 fully saturated rings. The molecule has 0 aliphatic carbocycles. The lowest BCUT2D eigenvalue weighted by Crippen LogP contribution is -2.11. The van der Waals surface area contributed by atoms with Gasteiger partial charge in [-0.3, -0.25) is 0 Å². The molecule has 0 aliphatic rings. The number of nitrogens with one attached hydrogen (secondary N) is 2. The third-order valence-corrected chi connectivity index (χ3v) is 3.23. The second kappa shape index (κ2) is 5.65. The van der Waals surface area contributed by atoms with E-state index in [1.807, 2.05) is 13.0 Å². The number of hydrogen-bond acceptors (Lipinski definition) is 6. The first kappa shape index (κ1) is 13.3. The van der Waals surface area contributed by atoms with Crippen molar-refractivity contribution < 1.29 is 0 Å². The first-order valence-corrected chi connectivity index (χ1v) is 6.20. The molecule has 2 aromatic rings. The Labute approximate surface area is 118 Å². The third-order valence-electron chi connectivity index (χ3n) is 2.57. The summed E-state index contributed by atoms with van der Waals surface area (Å²) < 4.78 is 0.726. The van der Waals surface area contributed by atoms with Crippen molar-refractivity contribution in [3.8, 4) is 6.07 Å². The molecule has 0 atom stereocenters. The molecule has 0 radical (unpaired) electrons. The molecule has 6 nitrogen and oxygen atoms in total. The Bertz CT molecular complexity index is 649. The molecule has 7 heteroatoms. The van der Waals surface area contributed by atoms with Gasteiger partial charge in [-0.1, -0.05) is 0 Å². The fourth-order valence-corrected chi connectivity index (χ4v) is 2.01. The Morgan fingerprint density at radius 3 is 2.68 bits per heavy atom. The normalized spacial score (nSPS) is 9.79. The molecule has 2 rings (SSSR count). The summed E-state index contributed by atoms with van der Waals surface area (Å²) in [6.07, 6.45) is 1.42. The van der Waals surface area contributed by atoms with E-state index >= 15 is 0 Å². The van der Waals surface area contributed by atoms with Gasteiger partial charge >= 0.3 is 0 Å². The fourth-order valence-electron chi connectivity index (χ4n) is 1.54. The lowest BCUT2D eigenvalue weighted by atomic mass is 10.2. The zero-order chi connectivity index (χ0) is 13.8. The van der Waals surface area contributed by atoms with E-state index in [1.54, 1.807) is 12.1 Å². The summed E-state index contributed by atoms with van der Waals surface area (Å²) in [7, 11) is 0. The minimum atomic E-state index is 0.560. The maximum Gasteiger partial charge on any atom is 0.148 e. The standard InChI is InChI=1S/C12H11BrN6/c1-7-11(16-6-17-12(7)19-15)18-9-3-2-8(5-14)10(13)4-9/h2-4,6H,15H2,1H3,(H2,16,17,18,19). The van der Waals surface area contributed by atoms with Crippen LogP contribution in [0.5, 0.6) is 0 Å².